The Bertz CT molecular complexity index is 4140. The lowest BCUT2D eigenvalue weighted by Gasteiger charge is -2.68. The third-order valence-corrected chi connectivity index (χ3v) is 23.1. The van der Waals surface area contributed by atoms with Gasteiger partial charge in [0.25, 0.3) is 0 Å². The Balaban J connectivity index is 0.915. The number of fused-ring (bicyclic) bond motifs is 8. The molecule has 10 N–H and O–H groups in total. The maximum atomic E-state index is 16.1. The summed E-state index contributed by atoms with van der Waals surface area (Å²) in [6.07, 6.45) is -16.0. The van der Waals surface area contributed by atoms with Gasteiger partial charge < -0.3 is 84.1 Å². The molecule has 0 radical (unpaired) electrons. The first-order valence-electron chi connectivity index (χ1n) is 35.5. The van der Waals surface area contributed by atoms with E-state index in [9.17, 15) is 64.5 Å². The normalized spacial score (nSPS) is 31.3. The Labute approximate surface area is 607 Å². The van der Waals surface area contributed by atoms with Crippen LogP contribution in [0.15, 0.2) is 95.1 Å². The Hall–Kier alpha value is -8.35. The number of hydrazone groups is 1. The number of ketones is 3. The van der Waals surface area contributed by atoms with Crippen LogP contribution in [-0.4, -0.2) is 187 Å². The van der Waals surface area contributed by atoms with Crippen molar-refractivity contribution >= 4 is 52.8 Å². The predicted octanol–water partition coefficient (Wildman–Crippen LogP) is 6.49. The van der Waals surface area contributed by atoms with E-state index in [1.807, 2.05) is 6.92 Å². The van der Waals surface area contributed by atoms with Crippen LogP contribution in [0, 0.1) is 28.6 Å². The molecule has 1 heterocycles. The lowest BCUT2D eigenvalue weighted by Crippen LogP contribution is -2.77. The topological polar surface area (TPSA) is 412 Å². The first-order valence-corrected chi connectivity index (χ1v) is 35.5. The number of hydrogen-bond donors (Lipinski definition) is 9. The van der Waals surface area contributed by atoms with Crippen molar-refractivity contribution in [2.24, 2.45) is 39.4 Å². The Kier molecular flexibility index (Phi) is 21.8. The number of carbonyl (C=O) groups is 8. The zero-order valence-corrected chi connectivity index (χ0v) is 61.0. The zero-order valence-electron chi connectivity index (χ0n) is 61.0. The van der Waals surface area contributed by atoms with E-state index in [4.69, 9.17) is 48.4 Å². The molecule has 1 aliphatic heterocycles. The van der Waals surface area contributed by atoms with Gasteiger partial charge in [0.2, 0.25) is 11.7 Å². The van der Waals surface area contributed by atoms with Gasteiger partial charge in [-0.05, 0) is 101 Å². The van der Waals surface area contributed by atoms with Gasteiger partial charge in [-0.25, -0.2) is 15.0 Å². The molecule has 3 saturated carbocycles. The number of nitrogens with two attached hydrogens (primary N) is 1. The van der Waals surface area contributed by atoms with E-state index in [0.717, 1.165) is 0 Å². The van der Waals surface area contributed by atoms with Gasteiger partial charge in [0.15, 0.2) is 30.3 Å². The molecular weight excluding hydrogens is 1360 g/mol. The van der Waals surface area contributed by atoms with E-state index in [2.05, 4.69) is 10.5 Å². The monoisotopic (exact) mass is 1460 g/mol. The molecule has 0 aromatic heterocycles. The molecular formula is C78H95N3O24. The second-order valence-corrected chi connectivity index (χ2v) is 30.8. The Morgan fingerprint density at radius 3 is 2.12 bits per heavy atom. The fourth-order valence-electron chi connectivity index (χ4n) is 17.6. The molecule has 0 spiro atoms. The number of nitrogens with zero attached hydrogens (tertiary/aromatic N) is 1. The minimum atomic E-state index is -2.41. The number of carbonyl (C=O) groups excluding carboxylic acids is 8. The Morgan fingerprint density at radius 2 is 1.51 bits per heavy atom. The van der Waals surface area contributed by atoms with Crippen molar-refractivity contribution in [2.45, 2.75) is 223 Å². The average molecular weight is 1460 g/mol. The summed E-state index contributed by atoms with van der Waals surface area (Å²) in [5.74, 6) is -11.6. The average Bonchev–Trinajstić information content (AvgIpc) is 0.670. The number of phenolic OH excluding ortho intramolecular Hbond substituents is 2. The quantitative estimate of drug-likeness (QED) is 0.00720. The van der Waals surface area contributed by atoms with Crippen LogP contribution in [0.25, 0.3) is 0 Å². The minimum absolute atomic E-state index is 0.00908. The second kappa shape index (κ2) is 29.4. The van der Waals surface area contributed by atoms with Gasteiger partial charge in [-0.1, -0.05) is 88.4 Å². The van der Waals surface area contributed by atoms with Crippen LogP contribution >= 0.6 is 0 Å². The van der Waals surface area contributed by atoms with Gasteiger partial charge in [0, 0.05) is 92.0 Å². The summed E-state index contributed by atoms with van der Waals surface area (Å²) in [5, 5.41) is 89.3. The SMILES string of the molecule is COc1cccc2c1C(=O)c1c(O)c3c(c(O)c1C2=O)C[C@](O)(/C(CO)=N/NC(=O)CCC(O)OC(C(=O)OC1C[C@]2(O)[C@@H](OC(=O)c4ccccc4)[C@H]4[C@@](C)(C(=O)[C@H](OC)C(=C1C)C2(C)C)[C@H](C)CC1CC[C@]14OC(C)=O)C(CC(=O)OC(C)(C)C)c1ccccc1)C[C@H]3O[C@@H]1C[C@H](N)[C@H](O)[C@H](C)O1. The lowest BCUT2D eigenvalue weighted by molar-refractivity contribution is -0.289. The molecule has 4 fully saturated rings. The van der Waals surface area contributed by atoms with Crippen LogP contribution in [0.4, 0.5) is 0 Å². The molecule has 105 heavy (non-hydrogen) atoms. The smallest absolute Gasteiger partial charge is 0.338 e. The van der Waals surface area contributed by atoms with Gasteiger partial charge in [-0.2, -0.15) is 5.10 Å². The molecule has 1 amide bonds. The molecule has 6 aliphatic carbocycles. The summed E-state index contributed by atoms with van der Waals surface area (Å²) in [6.45, 7) is 15.3. The molecule has 2 bridgehead atoms. The number of Topliss-reactive ketones (excluding diaryl/α,β-unsaturated/α-hetero) is 1. The molecule has 18 atom stereocenters. The van der Waals surface area contributed by atoms with Crippen LogP contribution < -0.4 is 15.9 Å². The fourth-order valence-corrected chi connectivity index (χ4v) is 17.6. The van der Waals surface area contributed by atoms with Gasteiger partial charge >= 0.3 is 23.9 Å². The summed E-state index contributed by atoms with van der Waals surface area (Å²) < 4.78 is 55.8. The number of esters is 4. The third-order valence-electron chi connectivity index (χ3n) is 23.1. The number of amides is 1. The van der Waals surface area contributed by atoms with Crippen molar-refractivity contribution in [1.82, 2.24) is 5.43 Å². The highest BCUT2D eigenvalue weighted by molar-refractivity contribution is 6.31. The fraction of sp³-hybridized carbons (Fsp3) is 0.551. The number of ether oxygens (including phenoxy) is 9. The molecule has 4 aromatic carbocycles. The van der Waals surface area contributed by atoms with Crippen molar-refractivity contribution in [2.75, 3.05) is 20.8 Å². The number of aromatic hydroxyl groups is 2. The number of rotatable bonds is 21. The van der Waals surface area contributed by atoms with Crippen LogP contribution in [0.5, 0.6) is 17.2 Å². The van der Waals surface area contributed by atoms with Crippen molar-refractivity contribution in [3.8, 4) is 17.2 Å². The van der Waals surface area contributed by atoms with E-state index in [0.29, 0.717) is 18.4 Å². The number of nitrogens with one attached hydrogen (secondary N) is 1. The largest absolute Gasteiger partial charge is 0.507 e. The maximum absolute atomic E-state index is 16.1. The van der Waals surface area contributed by atoms with E-state index in [1.165, 1.54) is 58.4 Å². The first-order chi connectivity index (χ1) is 49.4. The number of hydrogen-bond acceptors (Lipinski definition) is 26. The molecule has 11 rings (SSSR count). The molecule has 27 nitrogen and oxygen atoms in total. The van der Waals surface area contributed by atoms with Crippen LogP contribution in [0.3, 0.4) is 0 Å². The van der Waals surface area contributed by atoms with Crippen molar-refractivity contribution in [3.63, 3.8) is 0 Å². The van der Waals surface area contributed by atoms with Gasteiger partial charge in [-0.15, -0.1) is 0 Å². The highest BCUT2D eigenvalue weighted by Crippen LogP contribution is 2.69. The number of aliphatic hydroxyl groups is 5. The van der Waals surface area contributed by atoms with Gasteiger partial charge in [0.1, 0.15) is 58.0 Å². The summed E-state index contributed by atoms with van der Waals surface area (Å²) in [4.78, 5) is 117. The Morgan fingerprint density at radius 1 is 0.848 bits per heavy atom. The van der Waals surface area contributed by atoms with Crippen LogP contribution in [0.2, 0.25) is 0 Å². The summed E-state index contributed by atoms with van der Waals surface area (Å²) in [6, 6.07) is 19.6. The number of aliphatic hydroxyl groups excluding tert-OH is 3. The summed E-state index contributed by atoms with van der Waals surface area (Å²) >= 11 is 0. The molecule has 566 valence electrons. The van der Waals surface area contributed by atoms with E-state index < -0.39 is 233 Å². The highest BCUT2D eigenvalue weighted by Gasteiger charge is 2.77. The van der Waals surface area contributed by atoms with E-state index in [1.54, 1.807) is 97.0 Å². The standard InChI is InChI=1S/C78H95N3O24/c1-37-30-43-28-29-77(43,104-40(4)83)68-70(103-71(93)42-22-17-14-18-23-42)78(96)35-49(38(2)60(74(78,8)9)67(98-12)69(92)75(37,68)10)101-72(94)66(45(41-20-15-13-16-21-41)31-54(86)105-73(5,6)7)102-53(85)27-26-52(84)81-80-51(36-82)76(95)33-46-57(50(34-76)100-55-32-47(79)61(87)39(3)99-55)65(91)59-58(63(46)89)62(88)44-24-19-25-48(97-11)56(44)64(59)90/h13-25,37,39,43,45,47,49-50,53,55,61,66-68,70,82,85,87,89,91,95-96H,26-36,79H2,1-12H3,(H,81,84)/b80-51+/t37-,39+,43?,45?,47+,49?,50-,53?,55-,61-,66?,67-,68+,70+,75+,76-,77+,78+/m1/s1. The molecule has 27 heteroatoms. The third kappa shape index (κ3) is 13.9. The lowest BCUT2D eigenvalue weighted by atomic mass is 9.39. The molecule has 7 aliphatic rings. The van der Waals surface area contributed by atoms with Crippen molar-refractivity contribution < 1.29 is 117 Å². The first kappa shape index (κ1) is 77.7. The number of phenols is 2. The number of methoxy groups -OCH3 is 2. The molecule has 4 aromatic rings. The van der Waals surface area contributed by atoms with E-state index in [-0.39, 0.29) is 63.5 Å². The number of benzene rings is 4. The van der Waals surface area contributed by atoms with Crippen LogP contribution in [-0.2, 0) is 68.3 Å². The van der Waals surface area contributed by atoms with Gasteiger partial charge in [0.05, 0.1) is 72.3 Å². The maximum Gasteiger partial charge on any atom is 0.338 e. The summed E-state index contributed by atoms with van der Waals surface area (Å²) in [5.41, 5.74) is -3.45. The summed E-state index contributed by atoms with van der Waals surface area (Å²) in [7, 11) is 2.63. The second-order valence-electron chi connectivity index (χ2n) is 30.8. The minimum Gasteiger partial charge on any atom is -0.507 e. The zero-order chi connectivity index (χ0) is 76.5. The predicted molar refractivity (Wildman–Crippen MR) is 372 cm³/mol. The highest BCUT2D eigenvalue weighted by atomic mass is 16.7. The molecule has 1 saturated heterocycles. The molecule has 5 unspecified atom stereocenters. The van der Waals surface area contributed by atoms with Crippen molar-refractivity contribution in [3.05, 3.63) is 135 Å². The van der Waals surface area contributed by atoms with Crippen molar-refractivity contribution in [1.29, 1.82) is 0 Å². The van der Waals surface area contributed by atoms with Gasteiger partial charge in [-0.3, -0.25) is 28.8 Å². The van der Waals surface area contributed by atoms with Crippen LogP contribution in [0.1, 0.15) is 198 Å². The van der Waals surface area contributed by atoms with E-state index >= 15 is 9.59 Å².